The molecule has 1 heterocycles. The molecule has 17 heavy (non-hydrogen) atoms. The number of rotatable bonds is 3. The van der Waals surface area contributed by atoms with E-state index in [0.29, 0.717) is 12.2 Å². The van der Waals surface area contributed by atoms with Crippen molar-refractivity contribution in [1.29, 1.82) is 0 Å². The van der Waals surface area contributed by atoms with Crippen LogP contribution in [0.15, 0.2) is 0 Å². The third kappa shape index (κ3) is 3.16. The van der Waals surface area contributed by atoms with E-state index in [1.165, 1.54) is 0 Å². The van der Waals surface area contributed by atoms with Crippen molar-refractivity contribution >= 4 is 11.9 Å². The van der Waals surface area contributed by atoms with Gasteiger partial charge >= 0.3 is 0 Å². The molecule has 7 heteroatoms. The Labute approximate surface area is 98.8 Å². The van der Waals surface area contributed by atoms with Gasteiger partial charge < -0.3 is 16.2 Å². The fraction of sp³-hybridized carbons (Fsp3) is 0.700. The fourth-order valence-corrected chi connectivity index (χ4v) is 2.11. The van der Waals surface area contributed by atoms with Gasteiger partial charge in [-0.3, -0.25) is 9.89 Å². The predicted molar refractivity (Wildman–Crippen MR) is 60.6 cm³/mol. The number of nitrogen functional groups attached to an aromatic ring is 1. The second-order valence-corrected chi connectivity index (χ2v) is 4.38. The zero-order valence-electron chi connectivity index (χ0n) is 9.52. The summed E-state index contributed by atoms with van der Waals surface area (Å²) in [4.78, 5) is 15.7. The van der Waals surface area contributed by atoms with E-state index in [4.69, 9.17) is 5.73 Å². The molecule has 0 unspecified atom stereocenters. The molecule has 5 N–H and O–H groups in total. The molecule has 2 rings (SSSR count). The summed E-state index contributed by atoms with van der Waals surface area (Å²) >= 11 is 0. The van der Waals surface area contributed by atoms with Gasteiger partial charge in [-0.25, -0.2) is 0 Å². The summed E-state index contributed by atoms with van der Waals surface area (Å²) in [5, 5.41) is 18.5. The summed E-state index contributed by atoms with van der Waals surface area (Å²) in [6, 6.07) is 0. The lowest BCUT2D eigenvalue weighted by Crippen LogP contribution is -2.35. The van der Waals surface area contributed by atoms with Crippen LogP contribution in [0, 0.1) is 5.92 Å². The van der Waals surface area contributed by atoms with E-state index in [-0.39, 0.29) is 30.4 Å². The van der Waals surface area contributed by atoms with Crippen molar-refractivity contribution in [3.05, 3.63) is 5.82 Å². The van der Waals surface area contributed by atoms with E-state index >= 15 is 0 Å². The molecular formula is C10H17N5O2. The number of anilines is 1. The Bertz CT molecular complexity index is 392. The number of aromatic amines is 1. The van der Waals surface area contributed by atoms with Crippen molar-refractivity contribution in [3.8, 4) is 0 Å². The summed E-state index contributed by atoms with van der Waals surface area (Å²) < 4.78 is 0. The number of hydrogen-bond donors (Lipinski definition) is 4. The van der Waals surface area contributed by atoms with Crippen LogP contribution in [0.1, 0.15) is 31.5 Å². The number of H-pyrrole nitrogens is 1. The summed E-state index contributed by atoms with van der Waals surface area (Å²) in [6.07, 6.45) is 2.73. The molecule has 0 bridgehead atoms. The topological polar surface area (TPSA) is 117 Å². The Morgan fingerprint density at radius 1 is 1.59 bits per heavy atom. The van der Waals surface area contributed by atoms with Gasteiger partial charge in [-0.1, -0.05) is 6.42 Å². The van der Waals surface area contributed by atoms with E-state index < -0.39 is 0 Å². The lowest BCUT2D eigenvalue weighted by molar-refractivity contribution is -0.127. The maximum atomic E-state index is 11.8. The van der Waals surface area contributed by atoms with Crippen LogP contribution in [-0.4, -0.2) is 32.3 Å². The van der Waals surface area contributed by atoms with Crippen molar-refractivity contribution in [1.82, 2.24) is 20.5 Å². The average molecular weight is 239 g/mol. The number of hydrogen-bond acceptors (Lipinski definition) is 5. The van der Waals surface area contributed by atoms with Crippen molar-refractivity contribution in [3.63, 3.8) is 0 Å². The predicted octanol–water partition coefficient (Wildman–Crippen LogP) is -0.446. The molecule has 0 aliphatic heterocycles. The second-order valence-electron chi connectivity index (χ2n) is 4.38. The molecule has 1 aliphatic rings. The number of aromatic nitrogens is 3. The Hall–Kier alpha value is -1.63. The summed E-state index contributed by atoms with van der Waals surface area (Å²) in [5.74, 6) is 0.562. The second kappa shape index (κ2) is 5.13. The van der Waals surface area contributed by atoms with Crippen molar-refractivity contribution in [2.24, 2.45) is 5.92 Å². The number of carbonyl (C=O) groups excluding carboxylic acids is 1. The summed E-state index contributed by atoms with van der Waals surface area (Å²) in [7, 11) is 0. The molecule has 1 aromatic heterocycles. The van der Waals surface area contributed by atoms with Crippen LogP contribution in [0.3, 0.4) is 0 Å². The zero-order chi connectivity index (χ0) is 12.3. The molecule has 7 nitrogen and oxygen atoms in total. The number of nitrogens with one attached hydrogen (secondary N) is 2. The lowest BCUT2D eigenvalue weighted by Gasteiger charge is -2.24. The van der Waals surface area contributed by atoms with Gasteiger partial charge in [0.15, 0.2) is 0 Å². The lowest BCUT2D eigenvalue weighted by atomic mass is 9.87. The largest absolute Gasteiger partial charge is 0.393 e. The molecule has 0 aromatic carbocycles. The quantitative estimate of drug-likeness (QED) is 0.570. The highest BCUT2D eigenvalue weighted by molar-refractivity contribution is 5.78. The van der Waals surface area contributed by atoms with Gasteiger partial charge in [0.05, 0.1) is 12.6 Å². The molecular weight excluding hydrogens is 222 g/mol. The smallest absolute Gasteiger partial charge is 0.239 e. The van der Waals surface area contributed by atoms with Gasteiger partial charge in [0, 0.05) is 5.92 Å². The third-order valence-electron chi connectivity index (χ3n) is 3.00. The Kier molecular flexibility index (Phi) is 3.58. The maximum Gasteiger partial charge on any atom is 0.239 e. The number of amides is 1. The highest BCUT2D eigenvalue weighted by Crippen LogP contribution is 2.24. The minimum Gasteiger partial charge on any atom is -0.393 e. The standard InChI is InChI=1S/C10H17N5O2/c11-10-13-8(14-15-10)5-12-9(17)6-2-1-3-7(16)4-6/h6-7,16H,1-5H2,(H,12,17)(H3,11,13,14,15)/t6-,7-/m1/s1. The molecule has 0 radical (unpaired) electrons. The van der Waals surface area contributed by atoms with E-state index in [2.05, 4.69) is 20.5 Å². The number of nitrogens with zero attached hydrogens (tertiary/aromatic N) is 2. The van der Waals surface area contributed by atoms with Crippen molar-refractivity contribution in [2.45, 2.75) is 38.3 Å². The monoisotopic (exact) mass is 239 g/mol. The SMILES string of the molecule is Nc1n[nH]c(CNC(=O)[C@@H]2CCC[C@@H](O)C2)n1. The van der Waals surface area contributed by atoms with E-state index in [1.807, 2.05) is 0 Å². The van der Waals surface area contributed by atoms with E-state index in [0.717, 1.165) is 19.3 Å². The first-order valence-electron chi connectivity index (χ1n) is 5.77. The maximum absolute atomic E-state index is 11.8. The highest BCUT2D eigenvalue weighted by Gasteiger charge is 2.25. The van der Waals surface area contributed by atoms with E-state index in [1.54, 1.807) is 0 Å². The first-order chi connectivity index (χ1) is 8.15. The van der Waals surface area contributed by atoms with Gasteiger partial charge in [-0.15, -0.1) is 5.10 Å². The fourth-order valence-electron chi connectivity index (χ4n) is 2.11. The van der Waals surface area contributed by atoms with Gasteiger partial charge in [0.1, 0.15) is 5.82 Å². The highest BCUT2D eigenvalue weighted by atomic mass is 16.3. The van der Waals surface area contributed by atoms with E-state index in [9.17, 15) is 9.90 Å². The Morgan fingerprint density at radius 2 is 2.41 bits per heavy atom. The number of aliphatic hydroxyl groups excluding tert-OH is 1. The van der Waals surface area contributed by atoms with Crippen LogP contribution < -0.4 is 11.1 Å². The van der Waals surface area contributed by atoms with Crippen LogP contribution >= 0.6 is 0 Å². The van der Waals surface area contributed by atoms with Crippen LogP contribution in [0.5, 0.6) is 0 Å². The van der Waals surface area contributed by atoms with Crippen LogP contribution in [0.25, 0.3) is 0 Å². The minimum absolute atomic E-state index is 0.0429. The summed E-state index contributed by atoms with van der Waals surface area (Å²) in [6.45, 7) is 0.287. The van der Waals surface area contributed by atoms with Crippen LogP contribution in [0.4, 0.5) is 5.95 Å². The van der Waals surface area contributed by atoms with Crippen molar-refractivity contribution < 1.29 is 9.90 Å². The zero-order valence-corrected chi connectivity index (χ0v) is 9.52. The molecule has 2 atom stereocenters. The van der Waals surface area contributed by atoms with Crippen LogP contribution in [0.2, 0.25) is 0 Å². The van der Waals surface area contributed by atoms with Crippen LogP contribution in [-0.2, 0) is 11.3 Å². The molecule has 0 spiro atoms. The molecule has 1 fully saturated rings. The molecule has 0 saturated heterocycles. The molecule has 1 aliphatic carbocycles. The van der Waals surface area contributed by atoms with Gasteiger partial charge in [0.2, 0.25) is 11.9 Å². The Balaban J connectivity index is 1.80. The Morgan fingerprint density at radius 3 is 3.06 bits per heavy atom. The first-order valence-corrected chi connectivity index (χ1v) is 5.77. The summed E-state index contributed by atoms with van der Waals surface area (Å²) in [5.41, 5.74) is 5.35. The molecule has 1 aromatic rings. The minimum atomic E-state index is -0.347. The first kappa shape index (κ1) is 11.8. The normalized spacial score (nSPS) is 24.5. The van der Waals surface area contributed by atoms with Gasteiger partial charge in [-0.05, 0) is 19.3 Å². The van der Waals surface area contributed by atoms with Gasteiger partial charge in [0.25, 0.3) is 0 Å². The molecule has 1 saturated carbocycles. The van der Waals surface area contributed by atoms with Crippen molar-refractivity contribution in [2.75, 3.05) is 5.73 Å². The number of nitrogens with two attached hydrogens (primary N) is 1. The number of aliphatic hydroxyl groups is 1. The molecule has 1 amide bonds. The van der Waals surface area contributed by atoms with Gasteiger partial charge in [-0.2, -0.15) is 4.98 Å². The third-order valence-corrected chi connectivity index (χ3v) is 3.00. The number of carbonyl (C=O) groups is 1. The molecule has 94 valence electrons. The average Bonchev–Trinajstić information content (AvgIpc) is 2.72.